The zero-order valence-electron chi connectivity index (χ0n) is 17.8. The van der Waals surface area contributed by atoms with Crippen LogP contribution in [0.15, 0.2) is 67.0 Å². The maximum atomic E-state index is 4.80. The van der Waals surface area contributed by atoms with E-state index in [2.05, 4.69) is 63.5 Å². The largest absolute Gasteiger partial charge is 0.371 e. The first-order valence-electron chi connectivity index (χ1n) is 10.6. The summed E-state index contributed by atoms with van der Waals surface area (Å²) in [6.07, 6.45) is 5.74. The van der Waals surface area contributed by atoms with Crippen molar-refractivity contribution >= 4 is 23.0 Å². The number of nitrogens with one attached hydrogen (secondary N) is 2. The minimum atomic E-state index is 0.607. The monoisotopic (exact) mass is 399 g/mol. The molecule has 4 rings (SSSR count). The number of rotatable bonds is 6. The Balaban J connectivity index is 1.54. The highest BCUT2D eigenvalue weighted by Gasteiger charge is 2.12. The first kappa shape index (κ1) is 20.0. The summed E-state index contributed by atoms with van der Waals surface area (Å²) >= 11 is 0. The minimum absolute atomic E-state index is 0.607. The van der Waals surface area contributed by atoms with E-state index >= 15 is 0 Å². The van der Waals surface area contributed by atoms with Crippen LogP contribution in [0.2, 0.25) is 0 Å². The number of piperidine rings is 1. The summed E-state index contributed by atoms with van der Waals surface area (Å²) in [7, 11) is 0. The molecule has 2 heterocycles. The van der Waals surface area contributed by atoms with Crippen LogP contribution in [0.25, 0.3) is 11.3 Å². The van der Waals surface area contributed by atoms with Crippen molar-refractivity contribution in [2.75, 3.05) is 28.6 Å². The fourth-order valence-corrected chi connectivity index (χ4v) is 3.81. The second kappa shape index (κ2) is 8.99. The van der Waals surface area contributed by atoms with Crippen LogP contribution < -0.4 is 15.5 Å². The van der Waals surface area contributed by atoms with E-state index in [9.17, 15) is 0 Å². The topological polar surface area (TPSA) is 53.1 Å². The van der Waals surface area contributed by atoms with Crippen molar-refractivity contribution in [1.82, 2.24) is 9.97 Å². The van der Waals surface area contributed by atoms with Crippen LogP contribution >= 0.6 is 0 Å². The Hall–Kier alpha value is -3.34. The van der Waals surface area contributed by atoms with Crippen LogP contribution in [-0.2, 0) is 0 Å². The fourth-order valence-electron chi connectivity index (χ4n) is 3.81. The van der Waals surface area contributed by atoms with E-state index < -0.39 is 0 Å². The lowest BCUT2D eigenvalue weighted by Gasteiger charge is -2.29. The van der Waals surface area contributed by atoms with Crippen molar-refractivity contribution in [3.63, 3.8) is 0 Å². The zero-order chi connectivity index (χ0) is 20.9. The van der Waals surface area contributed by atoms with E-state index in [1.54, 1.807) is 0 Å². The number of nitrogens with zero attached hydrogens (tertiary/aromatic N) is 3. The number of hydrogen-bond donors (Lipinski definition) is 2. The van der Waals surface area contributed by atoms with Gasteiger partial charge in [-0.25, -0.2) is 9.97 Å². The lowest BCUT2D eigenvalue weighted by Crippen LogP contribution is -2.29. The van der Waals surface area contributed by atoms with Gasteiger partial charge in [0.15, 0.2) is 0 Å². The molecule has 2 aromatic carbocycles. The third-order valence-electron chi connectivity index (χ3n) is 5.31. The van der Waals surface area contributed by atoms with Crippen molar-refractivity contribution in [2.24, 2.45) is 0 Å². The third kappa shape index (κ3) is 4.79. The van der Waals surface area contributed by atoms with Crippen LogP contribution in [0.5, 0.6) is 0 Å². The van der Waals surface area contributed by atoms with Gasteiger partial charge in [-0.2, -0.15) is 0 Å². The molecule has 1 aliphatic heterocycles. The van der Waals surface area contributed by atoms with Gasteiger partial charge in [-0.15, -0.1) is 0 Å². The molecule has 1 aromatic heterocycles. The Morgan fingerprint density at radius 1 is 1.00 bits per heavy atom. The molecule has 0 aliphatic carbocycles. The molecular weight excluding hydrogens is 370 g/mol. The number of aryl methyl sites for hydroxylation is 1. The lowest BCUT2D eigenvalue weighted by atomic mass is 10.1. The summed E-state index contributed by atoms with van der Waals surface area (Å²) in [6, 6.07) is 16.7. The molecule has 0 saturated carbocycles. The maximum absolute atomic E-state index is 4.80. The summed E-state index contributed by atoms with van der Waals surface area (Å²) in [5, 5.41) is 6.62. The molecule has 3 aromatic rings. The Labute approximate surface area is 178 Å². The highest BCUT2D eigenvalue weighted by atomic mass is 15.1. The second-order valence-electron chi connectivity index (χ2n) is 7.93. The maximum Gasteiger partial charge on any atom is 0.227 e. The van der Waals surface area contributed by atoms with Gasteiger partial charge in [0.2, 0.25) is 5.95 Å². The Morgan fingerprint density at radius 2 is 1.77 bits per heavy atom. The SMILES string of the molecule is C=C(C)Nc1ccc(-c2nc(Nc3cccc(N4CCCCC4)c3)ncc2C)cc1. The Bertz CT molecular complexity index is 1020. The number of benzene rings is 2. The highest BCUT2D eigenvalue weighted by Crippen LogP contribution is 2.27. The first-order valence-corrected chi connectivity index (χ1v) is 10.6. The first-order chi connectivity index (χ1) is 14.6. The molecule has 1 fully saturated rings. The molecule has 2 N–H and O–H groups in total. The molecule has 1 saturated heterocycles. The molecule has 30 heavy (non-hydrogen) atoms. The Kier molecular flexibility index (Phi) is 5.98. The molecule has 1 aliphatic rings. The van der Waals surface area contributed by atoms with E-state index in [1.165, 1.54) is 24.9 Å². The lowest BCUT2D eigenvalue weighted by molar-refractivity contribution is 0.578. The molecule has 5 heteroatoms. The molecule has 0 bridgehead atoms. The molecule has 0 spiro atoms. The predicted molar refractivity (Wildman–Crippen MR) is 126 cm³/mol. The molecule has 5 nitrogen and oxygen atoms in total. The van der Waals surface area contributed by atoms with Gasteiger partial charge in [-0.1, -0.05) is 24.8 Å². The van der Waals surface area contributed by atoms with Gasteiger partial charge in [0.05, 0.1) is 5.69 Å². The van der Waals surface area contributed by atoms with Gasteiger partial charge in [0, 0.05) is 47.6 Å². The molecule has 0 unspecified atom stereocenters. The number of aromatic nitrogens is 2. The van der Waals surface area contributed by atoms with Crippen molar-refractivity contribution in [3.05, 3.63) is 72.6 Å². The van der Waals surface area contributed by atoms with Crippen molar-refractivity contribution in [2.45, 2.75) is 33.1 Å². The number of anilines is 4. The van der Waals surface area contributed by atoms with E-state index in [0.29, 0.717) is 5.95 Å². The fraction of sp³-hybridized carbons (Fsp3) is 0.280. The standard InChI is InChI=1S/C25H29N5/c1-18(2)27-21-12-10-20(11-13-21)24-19(3)17-26-25(29-24)28-22-8-7-9-23(16-22)30-14-5-4-6-15-30/h7-13,16-17,27H,1,4-6,14-15H2,2-3H3,(H,26,28,29). The quantitative estimate of drug-likeness (QED) is 0.522. The molecule has 0 amide bonds. The van der Waals surface area contributed by atoms with Crippen LogP contribution in [0.4, 0.5) is 23.0 Å². The average molecular weight is 400 g/mol. The Morgan fingerprint density at radius 3 is 2.50 bits per heavy atom. The predicted octanol–water partition coefficient (Wildman–Crippen LogP) is 6.13. The van der Waals surface area contributed by atoms with E-state index in [1.807, 2.05) is 32.2 Å². The van der Waals surface area contributed by atoms with Crippen LogP contribution in [0.1, 0.15) is 31.7 Å². The second-order valence-corrected chi connectivity index (χ2v) is 7.93. The summed E-state index contributed by atoms with van der Waals surface area (Å²) in [4.78, 5) is 11.8. The smallest absolute Gasteiger partial charge is 0.227 e. The zero-order valence-corrected chi connectivity index (χ0v) is 17.8. The third-order valence-corrected chi connectivity index (χ3v) is 5.31. The summed E-state index contributed by atoms with van der Waals surface area (Å²) in [6.45, 7) is 10.1. The van der Waals surface area contributed by atoms with Crippen molar-refractivity contribution < 1.29 is 0 Å². The normalized spacial score (nSPS) is 13.7. The van der Waals surface area contributed by atoms with Gasteiger partial charge in [-0.05, 0) is 69.0 Å². The molecular formula is C25H29N5. The number of hydrogen-bond acceptors (Lipinski definition) is 5. The van der Waals surface area contributed by atoms with Gasteiger partial charge >= 0.3 is 0 Å². The average Bonchev–Trinajstić information content (AvgIpc) is 2.76. The van der Waals surface area contributed by atoms with Gasteiger partial charge in [0.1, 0.15) is 0 Å². The van der Waals surface area contributed by atoms with E-state index in [-0.39, 0.29) is 0 Å². The van der Waals surface area contributed by atoms with Crippen molar-refractivity contribution in [3.8, 4) is 11.3 Å². The van der Waals surface area contributed by atoms with Crippen LogP contribution in [0.3, 0.4) is 0 Å². The highest BCUT2D eigenvalue weighted by molar-refractivity contribution is 5.68. The minimum Gasteiger partial charge on any atom is -0.371 e. The number of allylic oxidation sites excluding steroid dienone is 1. The summed E-state index contributed by atoms with van der Waals surface area (Å²) < 4.78 is 0. The molecule has 154 valence electrons. The van der Waals surface area contributed by atoms with Crippen LogP contribution in [0, 0.1) is 6.92 Å². The summed E-state index contributed by atoms with van der Waals surface area (Å²) in [5.41, 5.74) is 7.24. The molecule has 0 radical (unpaired) electrons. The van der Waals surface area contributed by atoms with Gasteiger partial charge < -0.3 is 15.5 Å². The van der Waals surface area contributed by atoms with Crippen molar-refractivity contribution in [1.29, 1.82) is 0 Å². The van der Waals surface area contributed by atoms with E-state index in [4.69, 9.17) is 4.98 Å². The molecule has 0 atom stereocenters. The van der Waals surface area contributed by atoms with Gasteiger partial charge in [-0.3, -0.25) is 0 Å². The van der Waals surface area contributed by atoms with Gasteiger partial charge in [0.25, 0.3) is 0 Å². The summed E-state index contributed by atoms with van der Waals surface area (Å²) in [5.74, 6) is 0.607. The van der Waals surface area contributed by atoms with Crippen LogP contribution in [-0.4, -0.2) is 23.1 Å². The van der Waals surface area contributed by atoms with E-state index in [0.717, 1.165) is 47.0 Å².